The van der Waals surface area contributed by atoms with Gasteiger partial charge in [0.05, 0.1) is 13.7 Å². The van der Waals surface area contributed by atoms with E-state index >= 15 is 0 Å². The van der Waals surface area contributed by atoms with E-state index in [1.54, 1.807) is 7.11 Å². The number of para-hydroxylation sites is 2. The Morgan fingerprint density at radius 2 is 1.67 bits per heavy atom. The first kappa shape index (κ1) is 20.3. The van der Waals surface area contributed by atoms with E-state index < -0.39 is 0 Å². The number of benzene rings is 1. The summed E-state index contributed by atoms with van der Waals surface area (Å²) >= 11 is 0. The lowest BCUT2D eigenvalue weighted by Gasteiger charge is -2.36. The highest BCUT2D eigenvalue weighted by atomic mass is 16.5. The maximum atomic E-state index is 12.8. The largest absolute Gasteiger partial charge is 0.493 e. The molecule has 1 unspecified atom stereocenters. The molecule has 5 nitrogen and oxygen atoms in total. The Balaban J connectivity index is 2.96. The number of ether oxygens (including phenoxy) is 2. The van der Waals surface area contributed by atoms with Crippen molar-refractivity contribution < 1.29 is 14.3 Å². The normalized spacial score (nSPS) is 12.3. The summed E-state index contributed by atoms with van der Waals surface area (Å²) in [7, 11) is 1.62. The Bertz CT molecular complexity index is 501. The number of hydrogen-bond acceptors (Lipinski definition) is 4. The predicted octanol–water partition coefficient (Wildman–Crippen LogP) is 3.39. The molecule has 0 spiro atoms. The summed E-state index contributed by atoms with van der Waals surface area (Å²) < 4.78 is 11.5. The summed E-state index contributed by atoms with van der Waals surface area (Å²) in [6.45, 7) is 12.3. The van der Waals surface area contributed by atoms with Crippen molar-refractivity contribution >= 4 is 5.91 Å². The fraction of sp³-hybridized carbons (Fsp3) is 0.632. The van der Waals surface area contributed by atoms with E-state index in [1.165, 1.54) is 0 Å². The Morgan fingerprint density at radius 1 is 1.08 bits per heavy atom. The fourth-order valence-corrected chi connectivity index (χ4v) is 2.70. The molecule has 0 heterocycles. The van der Waals surface area contributed by atoms with Crippen LogP contribution in [0.3, 0.4) is 0 Å². The Labute approximate surface area is 146 Å². The van der Waals surface area contributed by atoms with Crippen LogP contribution in [0.5, 0.6) is 11.5 Å². The van der Waals surface area contributed by atoms with Crippen LogP contribution in [-0.4, -0.2) is 54.7 Å². The van der Waals surface area contributed by atoms with Gasteiger partial charge in [-0.25, -0.2) is 0 Å². The second-order valence-electron chi connectivity index (χ2n) is 5.99. The molecule has 0 radical (unpaired) electrons. The summed E-state index contributed by atoms with van der Waals surface area (Å²) in [5, 5.41) is 0. The van der Waals surface area contributed by atoms with Crippen molar-refractivity contribution in [3.8, 4) is 11.5 Å². The minimum Gasteiger partial charge on any atom is -0.493 e. The lowest BCUT2D eigenvalue weighted by molar-refractivity contribution is -0.144. The van der Waals surface area contributed by atoms with Crippen molar-refractivity contribution in [3.05, 3.63) is 24.3 Å². The number of hydrogen-bond donors (Lipinski definition) is 0. The van der Waals surface area contributed by atoms with Gasteiger partial charge in [0, 0.05) is 12.5 Å². The molecule has 1 aromatic carbocycles. The van der Waals surface area contributed by atoms with E-state index in [0.29, 0.717) is 24.5 Å². The minimum absolute atomic E-state index is 0.0627. The van der Waals surface area contributed by atoms with Crippen molar-refractivity contribution in [2.45, 2.75) is 53.3 Å². The van der Waals surface area contributed by atoms with Crippen molar-refractivity contribution in [1.82, 2.24) is 9.80 Å². The number of likely N-dealkylation sites (N-methyl/N-ethyl adjacent to an activating group) is 1. The molecule has 1 aromatic rings. The van der Waals surface area contributed by atoms with Gasteiger partial charge < -0.3 is 14.4 Å². The van der Waals surface area contributed by atoms with E-state index in [2.05, 4.69) is 18.7 Å². The second kappa shape index (κ2) is 10.2. The van der Waals surface area contributed by atoms with E-state index in [0.717, 1.165) is 13.1 Å². The van der Waals surface area contributed by atoms with Crippen LogP contribution in [0, 0.1) is 0 Å². The van der Waals surface area contributed by atoms with Crippen LogP contribution >= 0.6 is 0 Å². The molecule has 0 aliphatic rings. The number of methoxy groups -OCH3 is 1. The average Bonchev–Trinajstić information content (AvgIpc) is 2.58. The van der Waals surface area contributed by atoms with Crippen LogP contribution in [0.2, 0.25) is 0 Å². The van der Waals surface area contributed by atoms with Gasteiger partial charge in [-0.1, -0.05) is 32.9 Å². The third-order valence-electron chi connectivity index (χ3n) is 4.09. The molecular weight excluding hydrogens is 304 g/mol. The summed E-state index contributed by atoms with van der Waals surface area (Å²) in [6.07, 6.45) is 0.393. The summed E-state index contributed by atoms with van der Waals surface area (Å²) in [5.74, 6) is 1.43. The van der Waals surface area contributed by atoms with Gasteiger partial charge >= 0.3 is 0 Å². The van der Waals surface area contributed by atoms with Crippen molar-refractivity contribution in [3.63, 3.8) is 0 Å². The quantitative estimate of drug-likeness (QED) is 0.614. The van der Waals surface area contributed by atoms with Gasteiger partial charge in [0.15, 0.2) is 17.7 Å². The molecule has 24 heavy (non-hydrogen) atoms. The average molecular weight is 336 g/mol. The molecule has 0 N–H and O–H groups in total. The number of rotatable bonds is 10. The third-order valence-corrected chi connectivity index (χ3v) is 4.09. The summed E-state index contributed by atoms with van der Waals surface area (Å²) in [5.41, 5.74) is 0. The zero-order chi connectivity index (χ0) is 18.1. The molecule has 0 saturated carbocycles. The molecular formula is C19H32N2O3. The Hall–Kier alpha value is -1.75. The van der Waals surface area contributed by atoms with E-state index in [4.69, 9.17) is 9.47 Å². The monoisotopic (exact) mass is 336 g/mol. The van der Waals surface area contributed by atoms with Crippen molar-refractivity contribution in [2.75, 3.05) is 26.7 Å². The maximum absolute atomic E-state index is 12.8. The third kappa shape index (κ3) is 5.41. The van der Waals surface area contributed by atoms with E-state index in [1.807, 2.05) is 49.9 Å². The van der Waals surface area contributed by atoms with Gasteiger partial charge in [-0.15, -0.1) is 0 Å². The van der Waals surface area contributed by atoms with Crippen molar-refractivity contribution in [2.24, 2.45) is 0 Å². The molecule has 0 aliphatic heterocycles. The van der Waals surface area contributed by atoms with Gasteiger partial charge in [0.25, 0.3) is 0 Å². The van der Waals surface area contributed by atoms with Gasteiger partial charge in [0.2, 0.25) is 5.91 Å². The highest BCUT2D eigenvalue weighted by Gasteiger charge is 2.28. The Kier molecular flexibility index (Phi) is 8.61. The maximum Gasteiger partial charge on any atom is 0.239 e. The molecule has 1 amide bonds. The van der Waals surface area contributed by atoms with Crippen LogP contribution in [0.1, 0.15) is 41.0 Å². The van der Waals surface area contributed by atoms with Gasteiger partial charge in [-0.3, -0.25) is 9.69 Å². The van der Waals surface area contributed by atoms with Gasteiger partial charge in [-0.05, 0) is 39.1 Å². The summed E-state index contributed by atoms with van der Waals surface area (Å²) in [6, 6.07) is 7.60. The van der Waals surface area contributed by atoms with Crippen LogP contribution in [0.25, 0.3) is 0 Å². The molecule has 1 rings (SSSR count). The molecule has 0 fully saturated rings. The molecule has 136 valence electrons. The molecule has 0 aromatic heterocycles. The first-order chi connectivity index (χ1) is 11.5. The summed E-state index contributed by atoms with van der Waals surface area (Å²) in [4.78, 5) is 16.8. The molecule has 0 bridgehead atoms. The molecule has 0 aliphatic carbocycles. The van der Waals surface area contributed by atoms with Gasteiger partial charge in [-0.2, -0.15) is 0 Å². The van der Waals surface area contributed by atoms with Crippen LogP contribution in [0.4, 0.5) is 0 Å². The topological polar surface area (TPSA) is 42.0 Å². The number of amides is 1. The smallest absolute Gasteiger partial charge is 0.239 e. The SMILES string of the molecule is CCC(Oc1ccccc1OC)N(C(=O)CN(CC)CC)C(C)C. The molecule has 1 atom stereocenters. The second-order valence-corrected chi connectivity index (χ2v) is 5.99. The van der Waals surface area contributed by atoms with E-state index in [9.17, 15) is 4.79 Å². The molecule has 0 saturated heterocycles. The first-order valence-corrected chi connectivity index (χ1v) is 8.81. The lowest BCUT2D eigenvalue weighted by Crippen LogP contribution is -2.51. The minimum atomic E-state index is -0.315. The van der Waals surface area contributed by atoms with Crippen LogP contribution in [-0.2, 0) is 4.79 Å². The first-order valence-electron chi connectivity index (χ1n) is 8.81. The number of carbonyl (C=O) groups is 1. The van der Waals surface area contributed by atoms with Crippen LogP contribution in [0.15, 0.2) is 24.3 Å². The highest BCUT2D eigenvalue weighted by molar-refractivity contribution is 5.78. The van der Waals surface area contributed by atoms with Crippen molar-refractivity contribution in [1.29, 1.82) is 0 Å². The highest BCUT2D eigenvalue weighted by Crippen LogP contribution is 2.28. The van der Waals surface area contributed by atoms with Crippen LogP contribution < -0.4 is 9.47 Å². The fourth-order valence-electron chi connectivity index (χ4n) is 2.70. The van der Waals surface area contributed by atoms with E-state index in [-0.39, 0.29) is 18.2 Å². The standard InChI is InChI=1S/C19H32N2O3/c1-7-19(24-17-13-11-10-12-16(17)23-6)21(15(4)5)18(22)14-20(8-2)9-3/h10-13,15,19H,7-9,14H2,1-6H3. The number of carbonyl (C=O) groups excluding carboxylic acids is 1. The van der Waals surface area contributed by atoms with Gasteiger partial charge in [0.1, 0.15) is 0 Å². The lowest BCUT2D eigenvalue weighted by atomic mass is 10.2. The zero-order valence-electron chi connectivity index (χ0n) is 15.9. The number of nitrogens with zero attached hydrogens (tertiary/aromatic N) is 2. The predicted molar refractivity (Wildman–Crippen MR) is 97.5 cm³/mol. The Morgan fingerprint density at radius 3 is 2.12 bits per heavy atom. The molecule has 5 heteroatoms. The zero-order valence-corrected chi connectivity index (χ0v) is 15.9.